The molecule has 0 unspecified atom stereocenters. The zero-order valence-electron chi connectivity index (χ0n) is 15.7. The van der Waals surface area contributed by atoms with Gasteiger partial charge in [-0.25, -0.2) is 8.78 Å². The van der Waals surface area contributed by atoms with Gasteiger partial charge in [-0.05, 0) is 50.8 Å². The van der Waals surface area contributed by atoms with Crippen LogP contribution in [0.25, 0.3) is 10.9 Å². The number of carbonyl (C=O) groups excluding carboxylic acids is 1. The fourth-order valence-corrected chi connectivity index (χ4v) is 3.24. The van der Waals surface area contributed by atoms with E-state index in [9.17, 15) is 18.4 Å². The lowest BCUT2D eigenvalue weighted by atomic mass is 9.94. The quantitative estimate of drug-likeness (QED) is 0.441. The van der Waals surface area contributed by atoms with Crippen LogP contribution in [-0.2, 0) is 10.2 Å². The number of nitrogens with one attached hydrogen (secondary N) is 2. The summed E-state index contributed by atoms with van der Waals surface area (Å²) in [5.74, 6) is -2.56. The Kier molecular flexibility index (Phi) is 5.16. The molecule has 1 fully saturated rings. The van der Waals surface area contributed by atoms with Crippen LogP contribution in [0, 0.1) is 23.0 Å². The monoisotopic (exact) mass is 400 g/mol. The molecule has 6 nitrogen and oxygen atoms in total. The lowest BCUT2D eigenvalue weighted by Crippen LogP contribution is -2.42. The van der Waals surface area contributed by atoms with Crippen LogP contribution in [0.2, 0.25) is 0 Å². The van der Waals surface area contributed by atoms with Gasteiger partial charge >= 0.3 is 0 Å². The van der Waals surface area contributed by atoms with Gasteiger partial charge in [-0.2, -0.15) is 5.26 Å². The van der Waals surface area contributed by atoms with Gasteiger partial charge in [0.1, 0.15) is 0 Å². The number of allylic oxidation sites excluding steroid dienone is 2. The van der Waals surface area contributed by atoms with Crippen molar-refractivity contribution < 1.29 is 16.4 Å². The van der Waals surface area contributed by atoms with E-state index in [1.165, 1.54) is 18.2 Å². The van der Waals surface area contributed by atoms with E-state index in [-0.39, 0.29) is 24.9 Å². The van der Waals surface area contributed by atoms with E-state index in [1.807, 2.05) is 6.07 Å². The number of amides is 1. The second kappa shape index (κ2) is 7.43. The van der Waals surface area contributed by atoms with Crippen molar-refractivity contribution in [3.8, 4) is 6.07 Å². The number of aromatic amines is 1. The van der Waals surface area contributed by atoms with Gasteiger partial charge < -0.3 is 10.3 Å². The fraction of sp³-hybridized carbons (Fsp3) is 0.238. The van der Waals surface area contributed by atoms with E-state index in [2.05, 4.69) is 28.6 Å². The largest absolute Gasteiger partial charge is 0.347 e. The van der Waals surface area contributed by atoms with Gasteiger partial charge in [0.05, 0.1) is 28.7 Å². The number of hydrogen-bond donors (Lipinski definition) is 2. The highest BCUT2D eigenvalue weighted by Gasteiger charge is 2.53. The number of rotatable bonds is 6. The Balaban J connectivity index is 0.00000240. The van der Waals surface area contributed by atoms with Crippen molar-refractivity contribution >= 4 is 23.5 Å². The number of aromatic nitrogens is 1. The molecule has 0 saturated heterocycles. The number of carbonyl (C=O) groups is 1. The highest BCUT2D eigenvalue weighted by Crippen LogP contribution is 2.47. The molecule has 1 aromatic heterocycles. The third-order valence-electron chi connectivity index (χ3n) is 5.05. The minimum atomic E-state index is -1.13. The molecule has 3 rings (SSSR count). The summed E-state index contributed by atoms with van der Waals surface area (Å²) >= 11 is 0. The van der Waals surface area contributed by atoms with Crippen molar-refractivity contribution in [3.05, 3.63) is 69.7 Å². The smallest absolute Gasteiger partial charge is 0.252 e. The second-order valence-corrected chi connectivity index (χ2v) is 6.98. The lowest BCUT2D eigenvalue weighted by molar-refractivity contribution is -0.124. The summed E-state index contributed by atoms with van der Waals surface area (Å²) in [6.45, 7) is 8.62. The molecule has 2 aromatic rings. The Morgan fingerprint density at radius 2 is 2.17 bits per heavy atom. The molecule has 1 amide bonds. The number of aliphatic imine (C=N–C) groups is 1. The lowest BCUT2D eigenvalue weighted by Gasteiger charge is -2.20. The first-order valence-electron chi connectivity index (χ1n) is 8.83. The number of nitrogens with zero attached hydrogens (tertiary/aromatic N) is 2. The molecule has 1 atom stereocenters. The summed E-state index contributed by atoms with van der Waals surface area (Å²) in [5, 5.41) is 11.5. The van der Waals surface area contributed by atoms with Crippen molar-refractivity contribution in [2.24, 2.45) is 4.99 Å². The highest BCUT2D eigenvalue weighted by molar-refractivity contribution is 5.93. The maximum atomic E-state index is 14.2. The third-order valence-corrected chi connectivity index (χ3v) is 5.05. The van der Waals surface area contributed by atoms with Crippen molar-refractivity contribution in [1.29, 1.82) is 5.26 Å². The van der Waals surface area contributed by atoms with Crippen LogP contribution in [0.5, 0.6) is 0 Å². The van der Waals surface area contributed by atoms with Gasteiger partial charge in [0, 0.05) is 19.4 Å². The number of H-pyrrole nitrogens is 1. The fourth-order valence-electron chi connectivity index (χ4n) is 3.24. The van der Waals surface area contributed by atoms with E-state index < -0.39 is 34.6 Å². The molecule has 1 aliphatic rings. The summed E-state index contributed by atoms with van der Waals surface area (Å²) in [6, 6.07) is 4.70. The maximum absolute atomic E-state index is 14.2. The number of hydrogen-bond acceptors (Lipinski definition) is 4. The van der Waals surface area contributed by atoms with Gasteiger partial charge in [0.15, 0.2) is 11.6 Å². The van der Waals surface area contributed by atoms with Crippen LogP contribution in [0.3, 0.4) is 0 Å². The Morgan fingerprint density at radius 1 is 1.48 bits per heavy atom. The van der Waals surface area contributed by atoms with E-state index in [0.717, 1.165) is 6.07 Å². The number of pyridine rings is 1. The first kappa shape index (κ1) is 20.1. The van der Waals surface area contributed by atoms with Crippen molar-refractivity contribution in [3.63, 3.8) is 0 Å². The predicted octanol–water partition coefficient (Wildman–Crippen LogP) is 3.50. The molecule has 0 spiro atoms. The van der Waals surface area contributed by atoms with Crippen LogP contribution in [0.4, 0.5) is 8.78 Å². The predicted molar refractivity (Wildman–Crippen MR) is 110 cm³/mol. The number of nitriles is 1. The molecule has 152 valence electrons. The summed E-state index contributed by atoms with van der Waals surface area (Å²) < 4.78 is 27.8. The van der Waals surface area contributed by atoms with E-state index in [0.29, 0.717) is 18.5 Å². The Morgan fingerprint density at radius 3 is 2.76 bits per heavy atom. The Hall–Kier alpha value is -3.60. The molecule has 8 heteroatoms. The van der Waals surface area contributed by atoms with Gasteiger partial charge in [-0.3, -0.25) is 14.6 Å². The van der Waals surface area contributed by atoms with Crippen molar-refractivity contribution in [2.75, 3.05) is 0 Å². The standard InChI is InChI=1S/C21H18F2N4O2.2H2/c1-11(10-24)8-17(25-3)12(2)26-20(29)21(6-7-21)14-9-13-16(27-19(14)28)5-4-15(22)18(13)23;;/h4-5,8-9,12H,1,3,6-7H2,2H3,(H,26,29)(H,27,28);2*1H/b17-8-;;/t12-;;/m0../s1. The molecule has 0 radical (unpaired) electrons. The van der Waals surface area contributed by atoms with E-state index in [1.54, 1.807) is 6.92 Å². The van der Waals surface area contributed by atoms with Crippen LogP contribution in [0.1, 0.15) is 28.2 Å². The molecule has 29 heavy (non-hydrogen) atoms. The minimum absolute atomic E-state index is 0. The number of fused-ring (bicyclic) bond motifs is 1. The van der Waals surface area contributed by atoms with Crippen LogP contribution in [-0.4, -0.2) is 23.7 Å². The average Bonchev–Trinajstić information content (AvgIpc) is 3.50. The molecule has 1 aliphatic carbocycles. The van der Waals surface area contributed by atoms with E-state index in [4.69, 9.17) is 5.26 Å². The molecular weight excluding hydrogens is 378 g/mol. The van der Waals surface area contributed by atoms with Crippen LogP contribution >= 0.6 is 0 Å². The normalized spacial score (nSPS) is 16.0. The topological polar surface area (TPSA) is 98.1 Å². The van der Waals surface area contributed by atoms with E-state index >= 15 is 0 Å². The Labute approximate surface area is 168 Å². The third kappa shape index (κ3) is 3.59. The SMILES string of the molecule is C=N/C(=C\C(=C)C#N)[C@H](C)NC(=O)C1(c2cc3c(F)c(F)ccc3[nH]c2=O)CC1.[HH].[HH]. The molecule has 1 heterocycles. The highest BCUT2D eigenvalue weighted by atomic mass is 19.2. The number of benzene rings is 1. The first-order chi connectivity index (χ1) is 13.7. The molecule has 1 saturated carbocycles. The van der Waals surface area contributed by atoms with Crippen molar-refractivity contribution in [1.82, 2.24) is 10.3 Å². The van der Waals surface area contributed by atoms with Crippen LogP contribution in [0.15, 0.2) is 51.9 Å². The van der Waals surface area contributed by atoms with Gasteiger partial charge in [0.25, 0.3) is 5.56 Å². The van der Waals surface area contributed by atoms with Gasteiger partial charge in [0.2, 0.25) is 5.91 Å². The number of halogens is 2. The molecule has 0 bridgehead atoms. The van der Waals surface area contributed by atoms with Crippen molar-refractivity contribution in [2.45, 2.75) is 31.2 Å². The molecular formula is C21H22F2N4O2. The summed E-state index contributed by atoms with van der Waals surface area (Å²) in [7, 11) is 0. The maximum Gasteiger partial charge on any atom is 0.252 e. The molecule has 1 aromatic carbocycles. The molecule has 0 aliphatic heterocycles. The van der Waals surface area contributed by atoms with Crippen LogP contribution < -0.4 is 10.9 Å². The summed E-state index contributed by atoms with van der Waals surface area (Å²) in [6.07, 6.45) is 2.18. The minimum Gasteiger partial charge on any atom is -0.347 e. The average molecular weight is 400 g/mol. The zero-order valence-corrected chi connectivity index (χ0v) is 15.7. The first-order valence-corrected chi connectivity index (χ1v) is 8.83. The Bertz CT molecular complexity index is 1180. The van der Waals surface area contributed by atoms with Gasteiger partial charge in [-0.15, -0.1) is 0 Å². The van der Waals surface area contributed by atoms with Gasteiger partial charge in [-0.1, -0.05) is 6.58 Å². The summed E-state index contributed by atoms with van der Waals surface area (Å²) in [5.41, 5.74) is -0.942. The zero-order chi connectivity index (χ0) is 21.3. The second-order valence-electron chi connectivity index (χ2n) is 6.98. The summed E-state index contributed by atoms with van der Waals surface area (Å²) in [4.78, 5) is 31.8. The molecule has 2 N–H and O–H groups in total.